The summed E-state index contributed by atoms with van der Waals surface area (Å²) in [6.45, 7) is 4.45. The number of quaternary nitrogens is 2. The van der Waals surface area contributed by atoms with Gasteiger partial charge in [-0.25, -0.2) is 0 Å². The van der Waals surface area contributed by atoms with Crippen molar-refractivity contribution in [3.63, 3.8) is 0 Å². The number of hydrogen-bond donors (Lipinski definition) is 0. The molecule has 2 saturated carbocycles. The Morgan fingerprint density at radius 3 is 1.22 bits per heavy atom. The zero-order chi connectivity index (χ0) is 19.1. The summed E-state index contributed by atoms with van der Waals surface area (Å²) in [4.78, 5) is 0. The van der Waals surface area contributed by atoms with Crippen molar-refractivity contribution in [2.75, 3.05) is 54.5 Å². The van der Waals surface area contributed by atoms with Crippen LogP contribution in [0.4, 0.5) is 0 Å². The Balaban J connectivity index is 1.17. The topological polar surface area (TPSA) is 25.1 Å². The Kier molecular flexibility index (Phi) is 5.91. The van der Waals surface area contributed by atoms with Crippen LogP contribution in [0.5, 0.6) is 0 Å². The van der Waals surface area contributed by atoms with Crippen LogP contribution >= 0.6 is 0 Å². The molecule has 0 amide bonds. The minimum Gasteiger partial charge on any atom is -0.367 e. The van der Waals surface area contributed by atoms with E-state index in [1.807, 2.05) is 0 Å². The van der Waals surface area contributed by atoms with Crippen LogP contribution in [0.2, 0.25) is 0 Å². The van der Waals surface area contributed by atoms with Gasteiger partial charge in [0.25, 0.3) is 0 Å². The first-order valence-electron chi connectivity index (χ1n) is 11.7. The van der Waals surface area contributed by atoms with E-state index >= 15 is 0 Å². The number of likely N-dealkylation sites (N-methyl/N-ethyl adjacent to an activating group) is 2. The monoisotopic (exact) mass is 380 g/mol. The summed E-state index contributed by atoms with van der Waals surface area (Å²) in [5.41, 5.74) is 0. The molecule has 0 radical (unpaired) electrons. The highest BCUT2D eigenvalue weighted by molar-refractivity contribution is 4.81. The van der Waals surface area contributed by atoms with Crippen molar-refractivity contribution < 1.29 is 18.4 Å². The number of epoxide rings is 2. The first kappa shape index (κ1) is 20.1. The van der Waals surface area contributed by atoms with Gasteiger partial charge in [-0.15, -0.1) is 0 Å². The van der Waals surface area contributed by atoms with Gasteiger partial charge in [0.2, 0.25) is 0 Å². The fourth-order valence-corrected chi connectivity index (χ4v) is 6.33. The quantitative estimate of drug-likeness (QED) is 0.476. The fourth-order valence-electron chi connectivity index (χ4n) is 6.33. The zero-order valence-corrected chi connectivity index (χ0v) is 18.4. The van der Waals surface area contributed by atoms with Crippen molar-refractivity contribution in [3.8, 4) is 0 Å². The summed E-state index contributed by atoms with van der Waals surface area (Å²) in [5.74, 6) is 2.00. The second-order valence-corrected chi connectivity index (χ2v) is 11.4. The van der Waals surface area contributed by atoms with Crippen LogP contribution in [0.1, 0.15) is 57.8 Å². The molecule has 2 unspecified atom stereocenters. The maximum absolute atomic E-state index is 5.49. The van der Waals surface area contributed by atoms with Gasteiger partial charge in [0.1, 0.15) is 25.3 Å². The van der Waals surface area contributed by atoms with Gasteiger partial charge in [0, 0.05) is 0 Å². The molecule has 4 fully saturated rings. The average molecular weight is 381 g/mol. The predicted molar refractivity (Wildman–Crippen MR) is 110 cm³/mol. The van der Waals surface area contributed by atoms with Gasteiger partial charge < -0.3 is 18.4 Å². The molecular weight excluding hydrogens is 336 g/mol. The van der Waals surface area contributed by atoms with E-state index in [-0.39, 0.29) is 0 Å². The van der Waals surface area contributed by atoms with Crippen molar-refractivity contribution in [1.29, 1.82) is 0 Å². The lowest BCUT2D eigenvalue weighted by atomic mass is 9.75. The van der Waals surface area contributed by atoms with Crippen molar-refractivity contribution in [1.82, 2.24) is 0 Å². The first-order valence-corrected chi connectivity index (χ1v) is 11.7. The van der Waals surface area contributed by atoms with Gasteiger partial charge >= 0.3 is 0 Å². The lowest BCUT2D eigenvalue weighted by Crippen LogP contribution is -2.52. The molecular formula is C23H44N2O2+2. The Hall–Kier alpha value is -0.160. The number of nitrogens with zero attached hydrogens (tertiary/aromatic N) is 2. The second-order valence-electron chi connectivity index (χ2n) is 11.4. The molecule has 2 saturated heterocycles. The molecule has 0 N–H and O–H groups in total. The van der Waals surface area contributed by atoms with Crippen molar-refractivity contribution in [2.24, 2.45) is 11.8 Å². The lowest BCUT2D eigenvalue weighted by Gasteiger charge is -2.43. The molecule has 0 aromatic rings. The lowest BCUT2D eigenvalue weighted by molar-refractivity contribution is -0.917. The molecule has 0 aromatic heterocycles. The highest BCUT2D eigenvalue weighted by atomic mass is 16.6. The highest BCUT2D eigenvalue weighted by Gasteiger charge is 2.40. The molecule has 0 bridgehead atoms. The third-order valence-corrected chi connectivity index (χ3v) is 8.43. The number of rotatable bonds is 8. The molecule has 2 aliphatic carbocycles. The maximum Gasteiger partial charge on any atom is 0.130 e. The maximum atomic E-state index is 5.49. The summed E-state index contributed by atoms with van der Waals surface area (Å²) in [7, 11) is 9.72. The Bertz CT molecular complexity index is 439. The molecule has 0 aromatic carbocycles. The van der Waals surface area contributed by atoms with E-state index in [0.717, 1.165) is 37.1 Å². The molecule has 156 valence electrons. The van der Waals surface area contributed by atoms with Crippen LogP contribution in [0.15, 0.2) is 0 Å². The van der Waals surface area contributed by atoms with Crippen LogP contribution in [0.25, 0.3) is 0 Å². The molecule has 2 aliphatic heterocycles. The number of hydrogen-bond acceptors (Lipinski definition) is 2. The summed E-state index contributed by atoms with van der Waals surface area (Å²) in [5, 5.41) is 0. The Labute approximate surface area is 167 Å². The van der Waals surface area contributed by atoms with Crippen molar-refractivity contribution in [2.45, 2.75) is 82.1 Å². The summed E-state index contributed by atoms with van der Waals surface area (Å²) in [6.07, 6.45) is 14.3. The number of ether oxygens (including phenoxy) is 2. The van der Waals surface area contributed by atoms with Crippen LogP contribution in [0, 0.1) is 11.8 Å². The molecule has 2 heterocycles. The van der Waals surface area contributed by atoms with Crippen LogP contribution in [-0.4, -0.2) is 87.8 Å². The van der Waals surface area contributed by atoms with Gasteiger partial charge in [0.05, 0.1) is 53.5 Å². The van der Waals surface area contributed by atoms with Crippen LogP contribution in [-0.2, 0) is 9.47 Å². The average Bonchev–Trinajstić information content (AvgIpc) is 3.54. The van der Waals surface area contributed by atoms with E-state index in [4.69, 9.17) is 9.47 Å². The van der Waals surface area contributed by atoms with Crippen molar-refractivity contribution >= 4 is 0 Å². The second kappa shape index (κ2) is 7.93. The SMILES string of the molecule is C[N+](C)(CC1CO1)C1CCC(CC2CCC([N+](C)(C)CC3CO3)CC2)CC1. The molecule has 4 aliphatic rings. The molecule has 4 nitrogen and oxygen atoms in total. The molecule has 2 atom stereocenters. The van der Waals surface area contributed by atoms with Crippen molar-refractivity contribution in [3.05, 3.63) is 0 Å². The van der Waals surface area contributed by atoms with E-state index < -0.39 is 0 Å². The van der Waals surface area contributed by atoms with Gasteiger partial charge in [0.15, 0.2) is 0 Å². The standard InChI is InChI=1S/C23H44N2O2/c1-24(2,14-22-16-26-22)20-9-5-18(6-10-20)13-19-7-11-21(12-8-19)25(3,4)15-23-17-27-23/h18-23H,5-17H2,1-4H3/q+2. The molecule has 4 heteroatoms. The van der Waals surface area contributed by atoms with E-state index in [1.54, 1.807) is 0 Å². The molecule has 4 rings (SSSR count). The van der Waals surface area contributed by atoms with E-state index in [9.17, 15) is 0 Å². The summed E-state index contributed by atoms with van der Waals surface area (Å²) in [6, 6.07) is 1.73. The third-order valence-electron chi connectivity index (χ3n) is 8.43. The third kappa shape index (κ3) is 5.46. The van der Waals surface area contributed by atoms with Gasteiger partial charge in [-0.3, -0.25) is 0 Å². The van der Waals surface area contributed by atoms with Gasteiger partial charge in [-0.1, -0.05) is 0 Å². The van der Waals surface area contributed by atoms with E-state index in [1.165, 1.54) is 79.8 Å². The zero-order valence-electron chi connectivity index (χ0n) is 18.4. The van der Waals surface area contributed by atoms with Crippen LogP contribution < -0.4 is 0 Å². The van der Waals surface area contributed by atoms with E-state index in [0.29, 0.717) is 12.2 Å². The van der Waals surface area contributed by atoms with Gasteiger partial charge in [-0.2, -0.15) is 0 Å². The summed E-state index contributed by atoms with van der Waals surface area (Å²) < 4.78 is 13.3. The minimum atomic E-state index is 0.557. The first-order chi connectivity index (χ1) is 12.8. The van der Waals surface area contributed by atoms with Crippen LogP contribution in [0.3, 0.4) is 0 Å². The summed E-state index contributed by atoms with van der Waals surface area (Å²) >= 11 is 0. The fraction of sp³-hybridized carbons (Fsp3) is 1.00. The smallest absolute Gasteiger partial charge is 0.130 e. The Morgan fingerprint density at radius 2 is 0.926 bits per heavy atom. The predicted octanol–water partition coefficient (Wildman–Crippen LogP) is 3.44. The Morgan fingerprint density at radius 1 is 0.593 bits per heavy atom. The largest absolute Gasteiger partial charge is 0.367 e. The normalized spacial score (nSPS) is 40.0. The molecule has 0 spiro atoms. The molecule has 27 heavy (non-hydrogen) atoms. The van der Waals surface area contributed by atoms with Gasteiger partial charge in [-0.05, 0) is 69.6 Å². The van der Waals surface area contributed by atoms with E-state index in [2.05, 4.69) is 28.2 Å². The highest BCUT2D eigenvalue weighted by Crippen LogP contribution is 2.39. The minimum absolute atomic E-state index is 0.557.